The monoisotopic (exact) mass is 194 g/mol. The Morgan fingerprint density at radius 2 is 2.07 bits per heavy atom. The van der Waals surface area contributed by atoms with Crippen LogP contribution >= 0.6 is 0 Å². The van der Waals surface area contributed by atoms with Gasteiger partial charge in [0.2, 0.25) is 0 Å². The molecule has 0 unspecified atom stereocenters. The Bertz CT molecular complexity index is 329. The molecule has 0 aromatic heterocycles. The Balaban J connectivity index is 2.55. The Morgan fingerprint density at radius 1 is 1.43 bits per heavy atom. The number of benzene rings is 1. The van der Waals surface area contributed by atoms with E-state index in [4.69, 9.17) is 5.53 Å². The quantitative estimate of drug-likeness (QED) is 0.413. The molecule has 0 amide bonds. The second-order valence-corrected chi connectivity index (χ2v) is 2.85. The van der Waals surface area contributed by atoms with Crippen LogP contribution in [0.1, 0.15) is 0 Å². The molecule has 0 spiro atoms. The molecule has 0 atom stereocenters. The molecule has 0 saturated heterocycles. The van der Waals surface area contributed by atoms with Crippen LogP contribution in [0, 0.1) is 5.82 Å². The maximum atomic E-state index is 12.6. The first-order valence-electron chi connectivity index (χ1n) is 4.21. The molecule has 0 aliphatic rings. The van der Waals surface area contributed by atoms with Gasteiger partial charge in [-0.15, -0.1) is 0 Å². The van der Waals surface area contributed by atoms with Gasteiger partial charge < -0.3 is 4.90 Å². The van der Waals surface area contributed by atoms with E-state index in [0.29, 0.717) is 13.1 Å². The maximum absolute atomic E-state index is 12.6. The number of halogens is 1. The maximum Gasteiger partial charge on any atom is 0.123 e. The van der Waals surface area contributed by atoms with Gasteiger partial charge in [-0.25, -0.2) is 4.39 Å². The molecule has 0 heterocycles. The van der Waals surface area contributed by atoms with E-state index >= 15 is 0 Å². The van der Waals surface area contributed by atoms with Crippen LogP contribution in [0.4, 0.5) is 10.1 Å². The molecule has 5 heteroatoms. The van der Waals surface area contributed by atoms with Crippen LogP contribution in [-0.2, 0) is 0 Å². The number of likely N-dealkylation sites (N-methyl/N-ethyl adjacent to an activating group) is 1. The topological polar surface area (TPSA) is 52.0 Å². The minimum atomic E-state index is -0.253. The average Bonchev–Trinajstić information content (AvgIpc) is 2.19. The van der Waals surface area contributed by atoms with Gasteiger partial charge >= 0.3 is 0 Å². The Kier molecular flexibility index (Phi) is 3.76. The third kappa shape index (κ3) is 2.95. The molecule has 1 aromatic rings. The fraction of sp³-hybridized carbons (Fsp3) is 0.333. The fourth-order valence-electron chi connectivity index (χ4n) is 1.06. The van der Waals surface area contributed by atoms with E-state index < -0.39 is 0 Å². The third-order valence-corrected chi connectivity index (χ3v) is 1.87. The molecule has 1 rings (SSSR count). The van der Waals surface area contributed by atoms with Gasteiger partial charge in [0.05, 0.1) is 0 Å². The summed E-state index contributed by atoms with van der Waals surface area (Å²) >= 11 is 0. The zero-order valence-electron chi connectivity index (χ0n) is 7.89. The largest absolute Gasteiger partial charge is 0.374 e. The molecular weight excluding hydrogens is 183 g/mol. The van der Waals surface area contributed by atoms with Gasteiger partial charge in [-0.1, -0.05) is 5.11 Å². The van der Waals surface area contributed by atoms with Crippen molar-refractivity contribution in [1.29, 1.82) is 0 Å². The Morgan fingerprint density at radius 3 is 2.64 bits per heavy atom. The predicted molar refractivity (Wildman–Crippen MR) is 53.7 cm³/mol. The van der Waals surface area contributed by atoms with Crippen molar-refractivity contribution in [2.75, 3.05) is 25.0 Å². The fourth-order valence-corrected chi connectivity index (χ4v) is 1.06. The number of hydrogen-bond donors (Lipinski definition) is 0. The minimum Gasteiger partial charge on any atom is -0.374 e. The van der Waals surface area contributed by atoms with E-state index in [2.05, 4.69) is 10.0 Å². The molecular formula is C9H11FN4. The standard InChI is InChI=1S/C9H11FN4/c1-14(7-6-12-13-11)9-4-2-8(10)3-5-9/h2-5H,6-7H2,1H3. The molecule has 1 aromatic carbocycles. The average molecular weight is 194 g/mol. The normalized spacial score (nSPS) is 9.29. The summed E-state index contributed by atoms with van der Waals surface area (Å²) in [7, 11) is 1.86. The molecule has 0 fully saturated rings. The van der Waals surface area contributed by atoms with E-state index in [-0.39, 0.29) is 5.82 Å². The first-order valence-corrected chi connectivity index (χ1v) is 4.21. The zero-order chi connectivity index (χ0) is 10.4. The number of azide groups is 1. The summed E-state index contributed by atoms with van der Waals surface area (Å²) in [5.74, 6) is -0.253. The Hall–Kier alpha value is -1.74. The molecule has 14 heavy (non-hydrogen) atoms. The van der Waals surface area contributed by atoms with E-state index in [1.807, 2.05) is 11.9 Å². The summed E-state index contributed by atoms with van der Waals surface area (Å²) in [5, 5.41) is 3.42. The van der Waals surface area contributed by atoms with Crippen molar-refractivity contribution in [2.24, 2.45) is 5.11 Å². The molecule has 4 nitrogen and oxygen atoms in total. The highest BCUT2D eigenvalue weighted by molar-refractivity contribution is 5.45. The SMILES string of the molecule is CN(CCN=[N+]=[N-])c1ccc(F)cc1. The molecule has 0 saturated carbocycles. The van der Waals surface area contributed by atoms with Crippen molar-refractivity contribution >= 4 is 5.69 Å². The van der Waals surface area contributed by atoms with E-state index in [1.165, 1.54) is 12.1 Å². The van der Waals surface area contributed by atoms with Gasteiger partial charge in [-0.3, -0.25) is 0 Å². The highest BCUT2D eigenvalue weighted by Gasteiger charge is 1.99. The number of anilines is 1. The van der Waals surface area contributed by atoms with Crippen LogP contribution in [0.15, 0.2) is 29.4 Å². The summed E-state index contributed by atoms with van der Waals surface area (Å²) in [4.78, 5) is 4.55. The van der Waals surface area contributed by atoms with Gasteiger partial charge in [0, 0.05) is 30.7 Å². The lowest BCUT2D eigenvalue weighted by Gasteiger charge is -2.17. The van der Waals surface area contributed by atoms with Crippen LogP contribution < -0.4 is 4.90 Å². The van der Waals surface area contributed by atoms with E-state index in [1.54, 1.807) is 12.1 Å². The van der Waals surface area contributed by atoms with Gasteiger partial charge in [-0.05, 0) is 29.8 Å². The van der Waals surface area contributed by atoms with Gasteiger partial charge in [-0.2, -0.15) is 0 Å². The van der Waals surface area contributed by atoms with Crippen molar-refractivity contribution in [3.8, 4) is 0 Å². The molecule has 0 N–H and O–H groups in total. The summed E-state index contributed by atoms with van der Waals surface area (Å²) in [6, 6.07) is 6.18. The van der Waals surface area contributed by atoms with Crippen LogP contribution in [0.25, 0.3) is 10.4 Å². The van der Waals surface area contributed by atoms with Crippen molar-refractivity contribution in [3.05, 3.63) is 40.5 Å². The summed E-state index contributed by atoms with van der Waals surface area (Å²) in [5.41, 5.74) is 8.98. The number of hydrogen-bond acceptors (Lipinski definition) is 2. The minimum absolute atomic E-state index is 0.253. The molecule has 0 aliphatic heterocycles. The van der Waals surface area contributed by atoms with Crippen LogP contribution in [0.2, 0.25) is 0 Å². The van der Waals surface area contributed by atoms with Gasteiger partial charge in [0.15, 0.2) is 0 Å². The summed E-state index contributed by atoms with van der Waals surface area (Å²) in [6.45, 7) is 1.03. The lowest BCUT2D eigenvalue weighted by Crippen LogP contribution is -2.20. The zero-order valence-corrected chi connectivity index (χ0v) is 7.89. The first-order chi connectivity index (χ1) is 6.74. The lowest BCUT2D eigenvalue weighted by atomic mass is 10.3. The predicted octanol–water partition coefficient (Wildman–Crippen LogP) is 2.57. The molecule has 0 aliphatic carbocycles. The lowest BCUT2D eigenvalue weighted by molar-refractivity contribution is 0.627. The molecule has 0 radical (unpaired) electrons. The van der Waals surface area contributed by atoms with Gasteiger partial charge in [0.1, 0.15) is 5.82 Å². The van der Waals surface area contributed by atoms with Gasteiger partial charge in [0.25, 0.3) is 0 Å². The van der Waals surface area contributed by atoms with Crippen molar-refractivity contribution in [1.82, 2.24) is 0 Å². The molecule has 74 valence electrons. The van der Waals surface area contributed by atoms with Crippen LogP contribution in [-0.4, -0.2) is 20.1 Å². The summed E-state index contributed by atoms with van der Waals surface area (Å²) < 4.78 is 12.6. The van der Waals surface area contributed by atoms with Crippen LogP contribution in [0.3, 0.4) is 0 Å². The highest BCUT2D eigenvalue weighted by atomic mass is 19.1. The van der Waals surface area contributed by atoms with Crippen molar-refractivity contribution in [3.63, 3.8) is 0 Å². The number of rotatable bonds is 4. The second-order valence-electron chi connectivity index (χ2n) is 2.85. The first kappa shape index (κ1) is 10.3. The van der Waals surface area contributed by atoms with Crippen molar-refractivity contribution in [2.45, 2.75) is 0 Å². The van der Waals surface area contributed by atoms with E-state index in [0.717, 1.165) is 5.69 Å². The smallest absolute Gasteiger partial charge is 0.123 e. The third-order valence-electron chi connectivity index (χ3n) is 1.87. The second kappa shape index (κ2) is 5.09. The number of nitrogens with zero attached hydrogens (tertiary/aromatic N) is 4. The van der Waals surface area contributed by atoms with Crippen molar-refractivity contribution < 1.29 is 4.39 Å². The Labute approximate surface area is 81.6 Å². The van der Waals surface area contributed by atoms with Crippen LogP contribution in [0.5, 0.6) is 0 Å². The molecule has 0 bridgehead atoms. The highest BCUT2D eigenvalue weighted by Crippen LogP contribution is 2.12. The summed E-state index contributed by atoms with van der Waals surface area (Å²) in [6.07, 6.45) is 0. The van der Waals surface area contributed by atoms with E-state index in [9.17, 15) is 4.39 Å².